The van der Waals surface area contributed by atoms with Crippen molar-refractivity contribution < 1.29 is 19.7 Å². The van der Waals surface area contributed by atoms with Crippen LogP contribution in [0.3, 0.4) is 0 Å². The van der Waals surface area contributed by atoms with Gasteiger partial charge in [0.2, 0.25) is 0 Å². The fourth-order valence-corrected chi connectivity index (χ4v) is 0.704. The Kier molecular flexibility index (Phi) is 7.17. The molecule has 0 rings (SSSR count). The average molecular weight is 192 g/mol. The molecule has 80 valence electrons. The molecule has 4 heteroatoms. The Labute approximate surface area is 79.5 Å². The van der Waals surface area contributed by atoms with E-state index in [4.69, 9.17) is 19.7 Å². The Morgan fingerprint density at radius 2 is 1.54 bits per heavy atom. The van der Waals surface area contributed by atoms with Gasteiger partial charge in [-0.05, 0) is 20.8 Å². The summed E-state index contributed by atoms with van der Waals surface area (Å²) in [4.78, 5) is 0. The van der Waals surface area contributed by atoms with E-state index in [2.05, 4.69) is 0 Å². The molecule has 0 heterocycles. The second-order valence-electron chi connectivity index (χ2n) is 3.32. The van der Waals surface area contributed by atoms with Gasteiger partial charge in [0.15, 0.2) is 0 Å². The number of hydrogen-bond acceptors (Lipinski definition) is 4. The average Bonchev–Trinajstić information content (AvgIpc) is 2.10. The maximum absolute atomic E-state index is 8.92. The van der Waals surface area contributed by atoms with Crippen LogP contribution < -0.4 is 0 Å². The summed E-state index contributed by atoms with van der Waals surface area (Å²) in [6.07, 6.45) is -0.654. The molecule has 0 aromatic carbocycles. The van der Waals surface area contributed by atoms with Crippen molar-refractivity contribution in [1.29, 1.82) is 0 Å². The predicted molar refractivity (Wildman–Crippen MR) is 49.6 cm³/mol. The Bertz CT molecular complexity index is 116. The Hall–Kier alpha value is -0.160. The zero-order chi connectivity index (χ0) is 10.3. The molecular formula is C9H20O4. The lowest BCUT2D eigenvalue weighted by molar-refractivity contribution is -0.0620. The molecule has 0 aliphatic rings. The van der Waals surface area contributed by atoms with Gasteiger partial charge in [-0.25, -0.2) is 0 Å². The first-order valence-corrected chi connectivity index (χ1v) is 4.58. The van der Waals surface area contributed by atoms with E-state index in [1.54, 1.807) is 13.8 Å². The molecule has 0 aliphatic heterocycles. The van der Waals surface area contributed by atoms with Crippen molar-refractivity contribution in [3.63, 3.8) is 0 Å². The van der Waals surface area contributed by atoms with Crippen molar-refractivity contribution in [1.82, 2.24) is 0 Å². The maximum Gasteiger partial charge on any atom is 0.0781 e. The van der Waals surface area contributed by atoms with Crippen molar-refractivity contribution in [2.24, 2.45) is 0 Å². The summed E-state index contributed by atoms with van der Waals surface area (Å²) in [5.41, 5.74) is 0. The third-order valence-electron chi connectivity index (χ3n) is 1.49. The van der Waals surface area contributed by atoms with Crippen LogP contribution in [0, 0.1) is 0 Å². The van der Waals surface area contributed by atoms with Gasteiger partial charge in [-0.15, -0.1) is 0 Å². The second kappa shape index (κ2) is 7.26. The Balaban J connectivity index is 3.34. The predicted octanol–water partition coefficient (Wildman–Crippen LogP) is 0.170. The van der Waals surface area contributed by atoms with Gasteiger partial charge in [-0.1, -0.05) is 0 Å². The van der Waals surface area contributed by atoms with Crippen molar-refractivity contribution in [2.75, 3.05) is 19.8 Å². The van der Waals surface area contributed by atoms with E-state index in [1.165, 1.54) is 0 Å². The number of ether oxygens (including phenoxy) is 2. The third-order valence-corrected chi connectivity index (χ3v) is 1.49. The monoisotopic (exact) mass is 192 g/mol. The first-order chi connectivity index (χ1) is 6.06. The first-order valence-electron chi connectivity index (χ1n) is 4.58. The molecule has 0 fully saturated rings. The minimum Gasteiger partial charge on any atom is -0.394 e. The fraction of sp³-hybridized carbons (Fsp3) is 1.00. The van der Waals surface area contributed by atoms with Crippen LogP contribution in [-0.4, -0.2) is 48.3 Å². The van der Waals surface area contributed by atoms with Crippen LogP contribution in [0.15, 0.2) is 0 Å². The van der Waals surface area contributed by atoms with E-state index >= 15 is 0 Å². The highest BCUT2D eigenvalue weighted by atomic mass is 16.5. The Morgan fingerprint density at radius 3 is 2.00 bits per heavy atom. The molecule has 0 bridgehead atoms. The standard InChI is InChI=1S/C9H20O4/c1-7(11)5-12-9(3)6-13-8(2)4-10/h7-11H,4-6H2,1-3H3/t7-,8+,9+/m0/s1. The maximum atomic E-state index is 8.92. The summed E-state index contributed by atoms with van der Waals surface area (Å²) < 4.78 is 10.5. The SMILES string of the molecule is C[C@H](O)CO[C@H](C)CO[C@H](C)CO. The molecule has 3 atom stereocenters. The molecule has 2 N–H and O–H groups in total. The Morgan fingerprint density at radius 1 is 1.00 bits per heavy atom. The highest BCUT2D eigenvalue weighted by molar-refractivity contribution is 4.52. The minimum absolute atomic E-state index is 0.0170. The molecule has 0 saturated carbocycles. The largest absolute Gasteiger partial charge is 0.394 e. The quantitative estimate of drug-likeness (QED) is 0.603. The third kappa shape index (κ3) is 8.18. The molecule has 0 spiro atoms. The van der Waals surface area contributed by atoms with Gasteiger partial charge in [0.25, 0.3) is 0 Å². The van der Waals surface area contributed by atoms with E-state index < -0.39 is 6.10 Å². The number of rotatable bonds is 7. The molecule has 4 nitrogen and oxygen atoms in total. The van der Waals surface area contributed by atoms with E-state index in [0.717, 1.165) is 0 Å². The van der Waals surface area contributed by atoms with E-state index in [9.17, 15) is 0 Å². The van der Waals surface area contributed by atoms with Crippen LogP contribution in [-0.2, 0) is 9.47 Å². The van der Waals surface area contributed by atoms with E-state index in [1.807, 2.05) is 6.92 Å². The van der Waals surface area contributed by atoms with Gasteiger partial charge >= 0.3 is 0 Å². The lowest BCUT2D eigenvalue weighted by Crippen LogP contribution is -2.24. The van der Waals surface area contributed by atoms with Crippen molar-refractivity contribution in [2.45, 2.75) is 39.1 Å². The van der Waals surface area contributed by atoms with Crippen LogP contribution >= 0.6 is 0 Å². The fourth-order valence-electron chi connectivity index (χ4n) is 0.704. The van der Waals surface area contributed by atoms with Gasteiger partial charge in [-0.3, -0.25) is 0 Å². The molecule has 13 heavy (non-hydrogen) atoms. The molecule has 0 aliphatic carbocycles. The van der Waals surface area contributed by atoms with Crippen molar-refractivity contribution in [3.8, 4) is 0 Å². The molecule has 0 saturated heterocycles. The number of aliphatic hydroxyl groups is 2. The zero-order valence-electron chi connectivity index (χ0n) is 8.56. The molecule has 0 aromatic rings. The van der Waals surface area contributed by atoms with E-state index in [-0.39, 0.29) is 18.8 Å². The smallest absolute Gasteiger partial charge is 0.0781 e. The van der Waals surface area contributed by atoms with Crippen LogP contribution in [0.2, 0.25) is 0 Å². The molecule has 0 radical (unpaired) electrons. The molecule has 0 amide bonds. The van der Waals surface area contributed by atoms with Crippen molar-refractivity contribution >= 4 is 0 Å². The molecule has 0 aromatic heterocycles. The highest BCUT2D eigenvalue weighted by Crippen LogP contribution is 1.97. The topological polar surface area (TPSA) is 58.9 Å². The van der Waals surface area contributed by atoms with Crippen LogP contribution in [0.4, 0.5) is 0 Å². The molecule has 0 unspecified atom stereocenters. The highest BCUT2D eigenvalue weighted by Gasteiger charge is 2.06. The van der Waals surface area contributed by atoms with Gasteiger partial charge in [0.05, 0.1) is 38.1 Å². The van der Waals surface area contributed by atoms with Gasteiger partial charge in [0.1, 0.15) is 0 Å². The first kappa shape index (κ1) is 12.8. The lowest BCUT2D eigenvalue weighted by Gasteiger charge is -2.16. The number of aliphatic hydroxyl groups excluding tert-OH is 2. The lowest BCUT2D eigenvalue weighted by atomic mass is 10.4. The van der Waals surface area contributed by atoms with Gasteiger partial charge in [-0.2, -0.15) is 0 Å². The summed E-state index contributed by atoms with van der Waals surface area (Å²) in [7, 11) is 0. The number of hydrogen-bond donors (Lipinski definition) is 2. The summed E-state index contributed by atoms with van der Waals surface area (Å²) in [5.74, 6) is 0. The normalized spacial score (nSPS) is 18.2. The summed E-state index contributed by atoms with van der Waals surface area (Å²) in [6.45, 7) is 6.10. The van der Waals surface area contributed by atoms with Gasteiger partial charge in [0, 0.05) is 0 Å². The summed E-state index contributed by atoms with van der Waals surface area (Å²) in [6, 6.07) is 0. The van der Waals surface area contributed by atoms with Crippen molar-refractivity contribution in [3.05, 3.63) is 0 Å². The minimum atomic E-state index is -0.447. The van der Waals surface area contributed by atoms with Gasteiger partial charge < -0.3 is 19.7 Å². The zero-order valence-corrected chi connectivity index (χ0v) is 8.56. The summed E-state index contributed by atoms with van der Waals surface area (Å²) in [5, 5.41) is 17.6. The molecular weight excluding hydrogens is 172 g/mol. The van der Waals surface area contributed by atoms with Crippen LogP contribution in [0.5, 0.6) is 0 Å². The second-order valence-corrected chi connectivity index (χ2v) is 3.32. The summed E-state index contributed by atoms with van der Waals surface area (Å²) >= 11 is 0. The van der Waals surface area contributed by atoms with Crippen LogP contribution in [0.25, 0.3) is 0 Å². The van der Waals surface area contributed by atoms with E-state index in [0.29, 0.717) is 13.2 Å². The van der Waals surface area contributed by atoms with Crippen LogP contribution in [0.1, 0.15) is 20.8 Å².